The molecular formula is C11H16N2O4S. The first kappa shape index (κ1) is 14.5. The molecule has 0 aliphatic rings. The minimum absolute atomic E-state index is 0.0611. The number of benzene rings is 1. The van der Waals surface area contributed by atoms with E-state index in [-0.39, 0.29) is 31.2 Å². The van der Waals surface area contributed by atoms with Crippen LogP contribution in [0, 0.1) is 0 Å². The number of carbonyl (C=O) groups excluding carboxylic acids is 1. The number of sulfonamides is 1. The highest BCUT2D eigenvalue weighted by atomic mass is 32.2. The molecular weight excluding hydrogens is 256 g/mol. The van der Waals surface area contributed by atoms with Crippen LogP contribution in [0.2, 0.25) is 0 Å². The second kappa shape index (κ2) is 6.36. The Labute approximate surface area is 106 Å². The number of phenols is 1. The summed E-state index contributed by atoms with van der Waals surface area (Å²) in [5, 5.41) is 12.0. The zero-order chi connectivity index (χ0) is 13.6. The molecule has 1 aromatic carbocycles. The van der Waals surface area contributed by atoms with Gasteiger partial charge in [-0.05, 0) is 6.07 Å². The van der Waals surface area contributed by atoms with E-state index in [1.807, 2.05) is 0 Å². The minimum atomic E-state index is -3.23. The van der Waals surface area contributed by atoms with Crippen molar-refractivity contribution < 1.29 is 18.3 Å². The third-order valence-corrected chi connectivity index (χ3v) is 2.88. The molecule has 0 fully saturated rings. The largest absolute Gasteiger partial charge is 0.508 e. The van der Waals surface area contributed by atoms with Gasteiger partial charge in [-0.15, -0.1) is 0 Å². The Hall–Kier alpha value is -1.60. The number of hydrogen-bond acceptors (Lipinski definition) is 4. The summed E-state index contributed by atoms with van der Waals surface area (Å²) in [6, 6.07) is 6.57. The van der Waals surface area contributed by atoms with Crippen LogP contribution in [0.4, 0.5) is 0 Å². The van der Waals surface area contributed by atoms with Crippen LogP contribution in [-0.4, -0.2) is 38.8 Å². The molecule has 18 heavy (non-hydrogen) atoms. The fourth-order valence-corrected chi connectivity index (χ4v) is 1.81. The SMILES string of the molecule is CS(=O)(=O)NCCNC(=O)Cc1ccccc1O. The van der Waals surface area contributed by atoms with E-state index in [0.717, 1.165) is 6.26 Å². The van der Waals surface area contributed by atoms with Crippen molar-refractivity contribution in [3.63, 3.8) is 0 Å². The summed E-state index contributed by atoms with van der Waals surface area (Å²) in [5.41, 5.74) is 0.533. The molecule has 1 rings (SSSR count). The van der Waals surface area contributed by atoms with E-state index in [2.05, 4.69) is 10.0 Å². The van der Waals surface area contributed by atoms with E-state index in [4.69, 9.17) is 0 Å². The molecule has 0 radical (unpaired) electrons. The van der Waals surface area contributed by atoms with Crippen molar-refractivity contribution in [2.45, 2.75) is 6.42 Å². The number of nitrogens with one attached hydrogen (secondary N) is 2. The second-order valence-corrected chi connectivity index (χ2v) is 5.65. The number of hydrogen-bond donors (Lipinski definition) is 3. The van der Waals surface area contributed by atoms with Crippen LogP contribution in [0.1, 0.15) is 5.56 Å². The summed E-state index contributed by atoms with van der Waals surface area (Å²) in [6.07, 6.45) is 1.11. The van der Waals surface area contributed by atoms with E-state index in [9.17, 15) is 18.3 Å². The van der Waals surface area contributed by atoms with Crippen molar-refractivity contribution in [3.05, 3.63) is 29.8 Å². The minimum Gasteiger partial charge on any atom is -0.508 e. The van der Waals surface area contributed by atoms with Crippen LogP contribution >= 0.6 is 0 Å². The number of para-hydroxylation sites is 1. The third-order valence-electron chi connectivity index (χ3n) is 2.15. The van der Waals surface area contributed by atoms with Crippen LogP contribution in [0.3, 0.4) is 0 Å². The average Bonchev–Trinajstić information content (AvgIpc) is 2.26. The normalized spacial score (nSPS) is 11.2. The molecule has 0 aliphatic heterocycles. The van der Waals surface area contributed by atoms with Gasteiger partial charge in [0.1, 0.15) is 5.75 Å². The van der Waals surface area contributed by atoms with Crippen LogP contribution in [-0.2, 0) is 21.2 Å². The lowest BCUT2D eigenvalue weighted by Crippen LogP contribution is -2.34. The molecule has 0 saturated heterocycles. The summed E-state index contributed by atoms with van der Waals surface area (Å²) in [7, 11) is -3.23. The van der Waals surface area contributed by atoms with Gasteiger partial charge in [0, 0.05) is 18.7 Å². The molecule has 1 aromatic rings. The van der Waals surface area contributed by atoms with Crippen LogP contribution in [0.15, 0.2) is 24.3 Å². The van der Waals surface area contributed by atoms with E-state index < -0.39 is 10.0 Å². The van der Waals surface area contributed by atoms with Crippen molar-refractivity contribution in [3.8, 4) is 5.75 Å². The van der Waals surface area contributed by atoms with Gasteiger partial charge in [0.25, 0.3) is 0 Å². The average molecular weight is 272 g/mol. The number of aromatic hydroxyl groups is 1. The van der Waals surface area contributed by atoms with Gasteiger partial charge >= 0.3 is 0 Å². The van der Waals surface area contributed by atoms with Gasteiger partial charge in [-0.25, -0.2) is 13.1 Å². The van der Waals surface area contributed by atoms with E-state index in [1.165, 1.54) is 6.07 Å². The monoisotopic (exact) mass is 272 g/mol. The molecule has 0 heterocycles. The molecule has 0 unspecified atom stereocenters. The van der Waals surface area contributed by atoms with Crippen LogP contribution in [0.25, 0.3) is 0 Å². The standard InChI is InChI=1S/C11H16N2O4S/c1-18(16,17)13-7-6-12-11(15)8-9-4-2-3-5-10(9)14/h2-5,13-14H,6-8H2,1H3,(H,12,15). The maximum absolute atomic E-state index is 11.5. The molecule has 0 spiro atoms. The Kier molecular flexibility index (Phi) is 5.11. The predicted octanol–water partition coefficient (Wildman–Crippen LogP) is -0.400. The molecule has 1 amide bonds. The first-order chi connectivity index (χ1) is 8.38. The Morgan fingerprint density at radius 1 is 1.28 bits per heavy atom. The van der Waals surface area contributed by atoms with Crippen molar-refractivity contribution in [2.75, 3.05) is 19.3 Å². The first-order valence-corrected chi connectivity index (χ1v) is 7.26. The van der Waals surface area contributed by atoms with Crippen LogP contribution in [0.5, 0.6) is 5.75 Å². The van der Waals surface area contributed by atoms with Gasteiger partial charge < -0.3 is 10.4 Å². The molecule has 0 atom stereocenters. The van der Waals surface area contributed by atoms with Crippen molar-refractivity contribution in [1.29, 1.82) is 0 Å². The highest BCUT2D eigenvalue weighted by Crippen LogP contribution is 2.15. The Morgan fingerprint density at radius 3 is 2.56 bits per heavy atom. The maximum atomic E-state index is 11.5. The summed E-state index contributed by atoms with van der Waals surface area (Å²) in [6.45, 7) is 0.352. The van der Waals surface area contributed by atoms with Gasteiger partial charge in [-0.3, -0.25) is 4.79 Å². The van der Waals surface area contributed by atoms with Gasteiger partial charge in [0.15, 0.2) is 0 Å². The molecule has 7 heteroatoms. The zero-order valence-corrected chi connectivity index (χ0v) is 10.8. The van der Waals surface area contributed by atoms with Crippen molar-refractivity contribution in [2.24, 2.45) is 0 Å². The fourth-order valence-electron chi connectivity index (χ4n) is 1.33. The van der Waals surface area contributed by atoms with E-state index >= 15 is 0 Å². The fraction of sp³-hybridized carbons (Fsp3) is 0.364. The Morgan fingerprint density at radius 2 is 1.94 bits per heavy atom. The lowest BCUT2D eigenvalue weighted by atomic mass is 10.1. The summed E-state index contributed by atoms with van der Waals surface area (Å²) in [5.74, 6) is -0.200. The van der Waals surface area contributed by atoms with Gasteiger partial charge in [-0.1, -0.05) is 18.2 Å². The molecule has 0 aliphatic carbocycles. The zero-order valence-electron chi connectivity index (χ0n) is 10.0. The topological polar surface area (TPSA) is 95.5 Å². The van der Waals surface area contributed by atoms with Crippen molar-refractivity contribution >= 4 is 15.9 Å². The summed E-state index contributed by atoms with van der Waals surface area (Å²) in [4.78, 5) is 11.5. The molecule has 6 nitrogen and oxygen atoms in total. The molecule has 0 saturated carbocycles. The van der Waals surface area contributed by atoms with E-state index in [1.54, 1.807) is 18.2 Å². The van der Waals surface area contributed by atoms with Gasteiger partial charge in [-0.2, -0.15) is 0 Å². The highest BCUT2D eigenvalue weighted by Gasteiger charge is 2.06. The number of carbonyl (C=O) groups is 1. The van der Waals surface area contributed by atoms with Gasteiger partial charge in [0.05, 0.1) is 12.7 Å². The van der Waals surface area contributed by atoms with Crippen LogP contribution < -0.4 is 10.0 Å². The predicted molar refractivity (Wildman–Crippen MR) is 67.7 cm³/mol. The smallest absolute Gasteiger partial charge is 0.224 e. The first-order valence-electron chi connectivity index (χ1n) is 5.37. The maximum Gasteiger partial charge on any atom is 0.224 e. The molecule has 0 aromatic heterocycles. The molecule has 100 valence electrons. The molecule has 3 N–H and O–H groups in total. The number of phenolic OH excluding ortho intramolecular Hbond substituents is 1. The Bertz CT molecular complexity index is 514. The Balaban J connectivity index is 2.33. The van der Waals surface area contributed by atoms with Crippen molar-refractivity contribution in [1.82, 2.24) is 10.0 Å². The lowest BCUT2D eigenvalue weighted by Gasteiger charge is -2.06. The number of rotatable bonds is 6. The third kappa shape index (κ3) is 5.65. The summed E-state index contributed by atoms with van der Waals surface area (Å²) >= 11 is 0. The lowest BCUT2D eigenvalue weighted by molar-refractivity contribution is -0.120. The second-order valence-electron chi connectivity index (χ2n) is 3.82. The summed E-state index contributed by atoms with van der Waals surface area (Å²) < 4.78 is 23.8. The van der Waals surface area contributed by atoms with E-state index in [0.29, 0.717) is 5.56 Å². The quantitative estimate of drug-likeness (QED) is 0.614. The van der Waals surface area contributed by atoms with Gasteiger partial charge in [0.2, 0.25) is 15.9 Å². The molecule has 0 bridgehead atoms. The number of amides is 1. The highest BCUT2D eigenvalue weighted by molar-refractivity contribution is 7.88.